The highest BCUT2D eigenvalue weighted by Crippen LogP contribution is 2.13. The molecule has 6 heteroatoms. The van der Waals surface area contributed by atoms with Crippen molar-refractivity contribution in [3.05, 3.63) is 86.4 Å². The Kier molecular flexibility index (Phi) is 4.03. The molecule has 0 radical (unpaired) electrons. The largest absolute Gasteiger partial charge is 0.497 e. The van der Waals surface area contributed by atoms with Gasteiger partial charge in [0.25, 0.3) is 5.56 Å². The molecule has 2 heterocycles. The normalized spacial score (nSPS) is 12.0. The lowest BCUT2D eigenvalue weighted by atomic mass is 10.1. The van der Waals surface area contributed by atoms with Crippen LogP contribution in [0.2, 0.25) is 0 Å². The van der Waals surface area contributed by atoms with Gasteiger partial charge in [-0.1, -0.05) is 53.8 Å². The fraction of sp³-hybridized carbons (Fsp3) is 0.105. The van der Waals surface area contributed by atoms with E-state index in [1.807, 2.05) is 60.7 Å². The standard InChI is InChI=1S/C19H15N3O2S/c1-24-15-9-5-8-14(10-15)11-16-18(23)22-17(20-21-19(22)25-16)12-13-6-3-2-4-7-13/h2-11H,12H2,1H3/b16-11-. The van der Waals surface area contributed by atoms with Crippen LogP contribution in [-0.2, 0) is 6.42 Å². The summed E-state index contributed by atoms with van der Waals surface area (Å²) in [5.74, 6) is 1.42. The maximum atomic E-state index is 12.8. The lowest BCUT2D eigenvalue weighted by Gasteiger charge is -1.99. The van der Waals surface area contributed by atoms with E-state index >= 15 is 0 Å². The predicted octanol–water partition coefficient (Wildman–Crippen LogP) is 2.30. The Morgan fingerprint density at radius 3 is 2.76 bits per heavy atom. The van der Waals surface area contributed by atoms with Crippen LogP contribution >= 0.6 is 11.3 Å². The van der Waals surface area contributed by atoms with Gasteiger partial charge in [0, 0.05) is 6.42 Å². The van der Waals surface area contributed by atoms with Crippen LogP contribution in [-0.4, -0.2) is 21.7 Å². The smallest absolute Gasteiger partial charge is 0.275 e. The third-order valence-electron chi connectivity index (χ3n) is 3.91. The lowest BCUT2D eigenvalue weighted by molar-refractivity contribution is 0.414. The first-order chi connectivity index (χ1) is 12.2. The molecule has 0 bridgehead atoms. The van der Waals surface area contributed by atoms with Gasteiger partial charge in [0.15, 0.2) is 0 Å². The minimum atomic E-state index is -0.0845. The third-order valence-corrected chi connectivity index (χ3v) is 4.87. The van der Waals surface area contributed by atoms with Crippen molar-refractivity contribution in [2.75, 3.05) is 7.11 Å². The maximum absolute atomic E-state index is 12.8. The Balaban J connectivity index is 1.78. The number of fused-ring (bicyclic) bond motifs is 1. The van der Waals surface area contributed by atoms with Crippen molar-refractivity contribution in [3.63, 3.8) is 0 Å². The van der Waals surface area contributed by atoms with E-state index in [0.29, 0.717) is 21.7 Å². The minimum absolute atomic E-state index is 0.0845. The summed E-state index contributed by atoms with van der Waals surface area (Å²) in [6.45, 7) is 0. The summed E-state index contributed by atoms with van der Waals surface area (Å²) in [7, 11) is 1.62. The summed E-state index contributed by atoms with van der Waals surface area (Å²) in [6.07, 6.45) is 2.43. The number of benzene rings is 2. The van der Waals surface area contributed by atoms with Crippen LogP contribution in [0.5, 0.6) is 5.75 Å². The van der Waals surface area contributed by atoms with Gasteiger partial charge in [-0.2, -0.15) is 0 Å². The summed E-state index contributed by atoms with van der Waals surface area (Å²) < 4.78 is 7.46. The summed E-state index contributed by atoms with van der Waals surface area (Å²) in [6, 6.07) is 17.5. The second kappa shape index (κ2) is 6.49. The molecule has 124 valence electrons. The Labute approximate surface area is 147 Å². The van der Waals surface area contributed by atoms with Gasteiger partial charge in [-0.25, -0.2) is 4.40 Å². The van der Waals surface area contributed by atoms with E-state index in [2.05, 4.69) is 10.2 Å². The fourth-order valence-electron chi connectivity index (χ4n) is 2.69. The van der Waals surface area contributed by atoms with Crippen molar-refractivity contribution in [2.45, 2.75) is 6.42 Å². The van der Waals surface area contributed by atoms with Gasteiger partial charge in [0.2, 0.25) is 4.96 Å². The van der Waals surface area contributed by atoms with E-state index in [-0.39, 0.29) is 5.56 Å². The molecule has 25 heavy (non-hydrogen) atoms. The van der Waals surface area contributed by atoms with Gasteiger partial charge in [-0.3, -0.25) is 4.79 Å². The fourth-order valence-corrected chi connectivity index (χ4v) is 3.62. The van der Waals surface area contributed by atoms with Gasteiger partial charge in [-0.15, -0.1) is 10.2 Å². The Hall–Kier alpha value is -2.99. The second-order valence-corrected chi connectivity index (χ2v) is 6.60. The van der Waals surface area contributed by atoms with Crippen molar-refractivity contribution in [2.24, 2.45) is 0 Å². The molecule has 0 atom stereocenters. The summed E-state index contributed by atoms with van der Waals surface area (Å²) in [4.78, 5) is 13.4. The Bertz CT molecular complexity index is 1130. The van der Waals surface area contributed by atoms with Gasteiger partial charge in [0.1, 0.15) is 11.6 Å². The molecular weight excluding hydrogens is 334 g/mol. The molecule has 4 aromatic rings. The number of rotatable bonds is 4. The molecule has 5 nitrogen and oxygen atoms in total. The number of nitrogens with zero attached hydrogens (tertiary/aromatic N) is 3. The van der Waals surface area contributed by atoms with Crippen LogP contribution in [0.3, 0.4) is 0 Å². The average Bonchev–Trinajstić information content (AvgIpc) is 3.17. The van der Waals surface area contributed by atoms with Gasteiger partial charge >= 0.3 is 0 Å². The van der Waals surface area contributed by atoms with Crippen LogP contribution < -0.4 is 14.8 Å². The first kappa shape index (κ1) is 15.5. The zero-order valence-corrected chi connectivity index (χ0v) is 14.4. The van der Waals surface area contributed by atoms with Crippen LogP contribution in [0, 0.1) is 0 Å². The van der Waals surface area contributed by atoms with E-state index < -0.39 is 0 Å². The molecule has 2 aromatic carbocycles. The molecule has 0 saturated heterocycles. The van der Waals surface area contributed by atoms with E-state index in [1.165, 1.54) is 11.3 Å². The highest BCUT2D eigenvalue weighted by Gasteiger charge is 2.12. The molecule has 0 aliphatic carbocycles. The molecule has 4 rings (SSSR count). The molecule has 0 aliphatic rings. The highest BCUT2D eigenvalue weighted by molar-refractivity contribution is 7.15. The van der Waals surface area contributed by atoms with Gasteiger partial charge < -0.3 is 4.74 Å². The SMILES string of the molecule is COc1cccc(/C=c2\sc3nnc(Cc4ccccc4)n3c2=O)c1. The summed E-state index contributed by atoms with van der Waals surface area (Å²) >= 11 is 1.34. The highest BCUT2D eigenvalue weighted by atomic mass is 32.1. The topological polar surface area (TPSA) is 56.5 Å². The molecule has 0 fully saturated rings. The molecule has 0 spiro atoms. The second-order valence-electron chi connectivity index (χ2n) is 5.59. The molecule has 2 aromatic heterocycles. The Morgan fingerprint density at radius 1 is 1.12 bits per heavy atom. The van der Waals surface area contributed by atoms with Crippen LogP contribution in [0.25, 0.3) is 11.0 Å². The molecule has 0 N–H and O–H groups in total. The van der Waals surface area contributed by atoms with E-state index in [1.54, 1.807) is 11.5 Å². The molecule has 0 unspecified atom stereocenters. The van der Waals surface area contributed by atoms with E-state index in [0.717, 1.165) is 16.9 Å². The van der Waals surface area contributed by atoms with Gasteiger partial charge in [-0.05, 0) is 29.3 Å². The predicted molar refractivity (Wildman–Crippen MR) is 98.2 cm³/mol. The number of aromatic nitrogens is 3. The average molecular weight is 349 g/mol. The van der Waals surface area contributed by atoms with Crippen LogP contribution in [0.4, 0.5) is 0 Å². The van der Waals surface area contributed by atoms with Crippen molar-refractivity contribution in [1.82, 2.24) is 14.6 Å². The number of thiazole rings is 1. The lowest BCUT2D eigenvalue weighted by Crippen LogP contribution is -2.24. The summed E-state index contributed by atoms with van der Waals surface area (Å²) in [5, 5.41) is 8.33. The number of methoxy groups -OCH3 is 1. The zero-order chi connectivity index (χ0) is 17.2. The van der Waals surface area contributed by atoms with Crippen molar-refractivity contribution >= 4 is 22.4 Å². The first-order valence-electron chi connectivity index (χ1n) is 7.81. The first-order valence-corrected chi connectivity index (χ1v) is 8.63. The number of hydrogen-bond donors (Lipinski definition) is 0. The Morgan fingerprint density at radius 2 is 1.96 bits per heavy atom. The zero-order valence-electron chi connectivity index (χ0n) is 13.5. The minimum Gasteiger partial charge on any atom is -0.497 e. The van der Waals surface area contributed by atoms with Gasteiger partial charge in [0.05, 0.1) is 11.6 Å². The van der Waals surface area contributed by atoms with Crippen molar-refractivity contribution in [1.29, 1.82) is 0 Å². The van der Waals surface area contributed by atoms with Crippen LogP contribution in [0.15, 0.2) is 59.4 Å². The molecule has 0 amide bonds. The maximum Gasteiger partial charge on any atom is 0.275 e. The molecule has 0 aliphatic heterocycles. The van der Waals surface area contributed by atoms with Crippen LogP contribution in [0.1, 0.15) is 17.0 Å². The monoisotopic (exact) mass is 349 g/mol. The quantitative estimate of drug-likeness (QED) is 0.567. The van der Waals surface area contributed by atoms with E-state index in [9.17, 15) is 4.79 Å². The summed E-state index contributed by atoms with van der Waals surface area (Å²) in [5.41, 5.74) is 1.93. The van der Waals surface area contributed by atoms with Crippen molar-refractivity contribution in [3.8, 4) is 5.75 Å². The molecule has 0 saturated carbocycles. The molecular formula is C19H15N3O2S. The van der Waals surface area contributed by atoms with Crippen molar-refractivity contribution < 1.29 is 4.74 Å². The number of ether oxygens (including phenoxy) is 1. The number of hydrogen-bond acceptors (Lipinski definition) is 5. The van der Waals surface area contributed by atoms with E-state index in [4.69, 9.17) is 4.74 Å². The third kappa shape index (κ3) is 3.04.